The van der Waals surface area contributed by atoms with Gasteiger partial charge in [-0.2, -0.15) is 0 Å². The number of pyridine rings is 1. The molecule has 78 valence electrons. The first-order chi connectivity index (χ1) is 6.86. The van der Waals surface area contributed by atoms with Crippen LogP contribution < -0.4 is 5.32 Å². The summed E-state index contributed by atoms with van der Waals surface area (Å²) in [7, 11) is 0. The van der Waals surface area contributed by atoms with Gasteiger partial charge in [0.05, 0.1) is 6.61 Å². The van der Waals surface area contributed by atoms with Crippen molar-refractivity contribution in [2.75, 3.05) is 18.9 Å². The van der Waals surface area contributed by atoms with Crippen molar-refractivity contribution in [3.05, 3.63) is 24.5 Å². The highest BCUT2D eigenvalue weighted by atomic mass is 32.2. The Bertz CT molecular complexity index is 243. The van der Waals surface area contributed by atoms with Crippen LogP contribution in [0.4, 0.5) is 0 Å². The van der Waals surface area contributed by atoms with Gasteiger partial charge in [0.1, 0.15) is 0 Å². The maximum atomic E-state index is 9.05. The van der Waals surface area contributed by atoms with E-state index in [0.29, 0.717) is 0 Å². The molecule has 1 aromatic rings. The summed E-state index contributed by atoms with van der Waals surface area (Å²) in [5, 5.41) is 12.3. The average Bonchev–Trinajstić information content (AvgIpc) is 2.25. The molecule has 1 rings (SSSR count). The fraction of sp³-hybridized carbons (Fsp3) is 0.500. The second kappa shape index (κ2) is 6.81. The first-order valence-electron chi connectivity index (χ1n) is 4.74. The maximum Gasteiger partial charge on any atom is 0.0592 e. The van der Waals surface area contributed by atoms with Crippen molar-refractivity contribution in [3.63, 3.8) is 0 Å². The van der Waals surface area contributed by atoms with Crippen molar-refractivity contribution < 1.29 is 5.11 Å². The molecule has 0 fully saturated rings. The van der Waals surface area contributed by atoms with Crippen LogP contribution in [0.3, 0.4) is 0 Å². The third kappa shape index (κ3) is 4.09. The summed E-state index contributed by atoms with van der Waals surface area (Å²) >= 11 is 1.73. The molecular formula is C10H16N2OS. The Morgan fingerprint density at radius 3 is 2.79 bits per heavy atom. The number of aromatic nitrogens is 1. The van der Waals surface area contributed by atoms with Crippen molar-refractivity contribution in [2.24, 2.45) is 0 Å². The van der Waals surface area contributed by atoms with Gasteiger partial charge in [-0.25, -0.2) is 0 Å². The van der Waals surface area contributed by atoms with Gasteiger partial charge in [-0.15, -0.1) is 11.8 Å². The van der Waals surface area contributed by atoms with E-state index >= 15 is 0 Å². The summed E-state index contributed by atoms with van der Waals surface area (Å²) in [6.07, 6.45) is 3.56. The number of likely N-dealkylation sites (N-methyl/N-ethyl adjacent to an activating group) is 1. The molecule has 1 atom stereocenters. The Kier molecular flexibility index (Phi) is 5.59. The predicted molar refractivity (Wildman–Crippen MR) is 59.5 cm³/mol. The Hall–Kier alpha value is -0.580. The molecule has 0 saturated carbocycles. The largest absolute Gasteiger partial charge is 0.395 e. The van der Waals surface area contributed by atoms with Gasteiger partial charge in [-0.1, -0.05) is 6.92 Å². The van der Waals surface area contributed by atoms with Crippen LogP contribution >= 0.6 is 11.8 Å². The highest BCUT2D eigenvalue weighted by molar-refractivity contribution is 7.99. The fourth-order valence-electron chi connectivity index (χ4n) is 1.10. The summed E-state index contributed by atoms with van der Waals surface area (Å²) in [5.74, 6) is 0.883. The van der Waals surface area contributed by atoms with Gasteiger partial charge in [0.25, 0.3) is 0 Å². The zero-order chi connectivity index (χ0) is 10.2. The Labute approximate surface area is 88.9 Å². The van der Waals surface area contributed by atoms with Crippen LogP contribution in [0.2, 0.25) is 0 Å². The highest BCUT2D eigenvalue weighted by Gasteiger charge is 2.05. The van der Waals surface area contributed by atoms with Crippen LogP contribution in [0, 0.1) is 0 Å². The quantitative estimate of drug-likeness (QED) is 0.694. The molecule has 0 bridgehead atoms. The molecular weight excluding hydrogens is 196 g/mol. The molecule has 1 heterocycles. The second-order valence-electron chi connectivity index (χ2n) is 2.93. The second-order valence-corrected chi connectivity index (χ2v) is 4.02. The monoisotopic (exact) mass is 212 g/mol. The zero-order valence-corrected chi connectivity index (χ0v) is 9.13. The van der Waals surface area contributed by atoms with Gasteiger partial charge in [-0.3, -0.25) is 4.98 Å². The Morgan fingerprint density at radius 2 is 2.21 bits per heavy atom. The number of hydrogen-bond donors (Lipinski definition) is 2. The lowest BCUT2D eigenvalue weighted by molar-refractivity contribution is 0.255. The van der Waals surface area contributed by atoms with E-state index in [1.54, 1.807) is 24.2 Å². The Morgan fingerprint density at radius 1 is 1.50 bits per heavy atom. The number of nitrogens with zero attached hydrogens (tertiary/aromatic N) is 1. The van der Waals surface area contributed by atoms with Crippen molar-refractivity contribution in [2.45, 2.75) is 17.9 Å². The van der Waals surface area contributed by atoms with Gasteiger partial charge in [0.2, 0.25) is 0 Å². The van der Waals surface area contributed by atoms with E-state index in [-0.39, 0.29) is 12.6 Å². The molecule has 14 heavy (non-hydrogen) atoms. The van der Waals surface area contributed by atoms with Gasteiger partial charge in [0, 0.05) is 29.1 Å². The summed E-state index contributed by atoms with van der Waals surface area (Å²) in [6, 6.07) is 4.13. The lowest BCUT2D eigenvalue weighted by Crippen LogP contribution is -2.34. The van der Waals surface area contributed by atoms with Gasteiger partial charge < -0.3 is 10.4 Å². The van der Waals surface area contributed by atoms with Crippen LogP contribution in [0.5, 0.6) is 0 Å². The molecule has 0 spiro atoms. The smallest absolute Gasteiger partial charge is 0.0592 e. The van der Waals surface area contributed by atoms with Crippen molar-refractivity contribution in [1.29, 1.82) is 0 Å². The molecule has 4 heteroatoms. The number of thioether (sulfide) groups is 1. The van der Waals surface area contributed by atoms with E-state index in [4.69, 9.17) is 5.11 Å². The SMILES string of the molecule is CCNC(CO)CSc1ccncc1. The zero-order valence-electron chi connectivity index (χ0n) is 8.31. The van der Waals surface area contributed by atoms with E-state index < -0.39 is 0 Å². The molecule has 0 aliphatic heterocycles. The lowest BCUT2D eigenvalue weighted by Gasteiger charge is -2.13. The molecule has 0 aliphatic rings. The third-order valence-corrected chi connectivity index (χ3v) is 2.99. The topological polar surface area (TPSA) is 45.1 Å². The summed E-state index contributed by atoms with van der Waals surface area (Å²) < 4.78 is 0. The molecule has 1 aromatic heterocycles. The number of rotatable bonds is 6. The minimum Gasteiger partial charge on any atom is -0.395 e. The molecule has 2 N–H and O–H groups in total. The van der Waals surface area contributed by atoms with E-state index in [0.717, 1.165) is 12.3 Å². The van der Waals surface area contributed by atoms with E-state index in [1.807, 2.05) is 19.1 Å². The third-order valence-electron chi connectivity index (χ3n) is 1.81. The van der Waals surface area contributed by atoms with Crippen LogP contribution in [0.1, 0.15) is 6.92 Å². The van der Waals surface area contributed by atoms with Crippen molar-refractivity contribution >= 4 is 11.8 Å². The van der Waals surface area contributed by atoms with E-state index in [1.165, 1.54) is 4.90 Å². The summed E-state index contributed by atoms with van der Waals surface area (Å²) in [5.41, 5.74) is 0. The van der Waals surface area contributed by atoms with Crippen molar-refractivity contribution in [1.82, 2.24) is 10.3 Å². The molecule has 0 radical (unpaired) electrons. The van der Waals surface area contributed by atoms with E-state index in [9.17, 15) is 0 Å². The molecule has 0 aliphatic carbocycles. The van der Waals surface area contributed by atoms with Crippen LogP contribution in [-0.4, -0.2) is 35.0 Å². The average molecular weight is 212 g/mol. The minimum atomic E-state index is 0.179. The van der Waals surface area contributed by atoms with Crippen LogP contribution in [0.25, 0.3) is 0 Å². The number of nitrogens with one attached hydrogen (secondary N) is 1. The maximum absolute atomic E-state index is 9.05. The number of aliphatic hydroxyl groups excluding tert-OH is 1. The molecule has 0 saturated heterocycles. The minimum absolute atomic E-state index is 0.179. The highest BCUT2D eigenvalue weighted by Crippen LogP contribution is 2.16. The van der Waals surface area contributed by atoms with Crippen LogP contribution in [0.15, 0.2) is 29.4 Å². The first kappa shape index (κ1) is 11.5. The number of aliphatic hydroxyl groups is 1. The molecule has 1 unspecified atom stereocenters. The molecule has 0 aromatic carbocycles. The summed E-state index contributed by atoms with van der Waals surface area (Å²) in [6.45, 7) is 3.12. The number of hydrogen-bond acceptors (Lipinski definition) is 4. The standard InChI is InChI=1S/C10H16N2OS/c1-2-12-9(7-13)8-14-10-3-5-11-6-4-10/h3-6,9,12-13H,2,7-8H2,1H3. The predicted octanol–water partition coefficient (Wildman–Crippen LogP) is 1.14. The molecule has 3 nitrogen and oxygen atoms in total. The lowest BCUT2D eigenvalue weighted by atomic mass is 10.3. The normalized spacial score (nSPS) is 12.7. The van der Waals surface area contributed by atoms with E-state index in [2.05, 4.69) is 10.3 Å². The summed E-state index contributed by atoms with van der Waals surface area (Å²) in [4.78, 5) is 5.14. The Balaban J connectivity index is 2.32. The van der Waals surface area contributed by atoms with Gasteiger partial charge in [0.15, 0.2) is 0 Å². The van der Waals surface area contributed by atoms with Crippen molar-refractivity contribution in [3.8, 4) is 0 Å². The first-order valence-corrected chi connectivity index (χ1v) is 5.72. The molecule has 0 amide bonds. The van der Waals surface area contributed by atoms with Gasteiger partial charge >= 0.3 is 0 Å². The van der Waals surface area contributed by atoms with Gasteiger partial charge in [-0.05, 0) is 18.7 Å². The van der Waals surface area contributed by atoms with Crippen LogP contribution in [-0.2, 0) is 0 Å². The fourth-order valence-corrected chi connectivity index (χ4v) is 2.03.